The van der Waals surface area contributed by atoms with Crippen molar-refractivity contribution in [2.75, 3.05) is 19.6 Å². The Morgan fingerprint density at radius 3 is 2.84 bits per heavy atom. The number of amides is 1. The third-order valence-corrected chi connectivity index (χ3v) is 2.60. The minimum absolute atomic E-state index is 0.0753. The Labute approximate surface area is 111 Å². The van der Waals surface area contributed by atoms with Crippen molar-refractivity contribution in [3.63, 3.8) is 0 Å². The van der Waals surface area contributed by atoms with Gasteiger partial charge in [0, 0.05) is 33.0 Å². The lowest BCUT2D eigenvalue weighted by atomic mass is 10.4. The first kappa shape index (κ1) is 15.1. The van der Waals surface area contributed by atoms with Crippen LogP contribution in [0.5, 0.6) is 0 Å². The molecule has 1 amide bonds. The van der Waals surface area contributed by atoms with E-state index >= 15 is 0 Å². The summed E-state index contributed by atoms with van der Waals surface area (Å²) in [5.74, 6) is 0.269. The Balaban J connectivity index is 2.35. The number of aryl methyl sites for hydroxylation is 2. The lowest BCUT2D eigenvalue weighted by Gasteiger charge is -2.06. The minimum Gasteiger partial charge on any atom is -0.358 e. The van der Waals surface area contributed by atoms with Crippen molar-refractivity contribution in [1.82, 2.24) is 20.2 Å². The highest BCUT2D eigenvalue weighted by Crippen LogP contribution is 2.10. The summed E-state index contributed by atoms with van der Waals surface area (Å²) in [6.07, 6.45) is 1.63. The maximum Gasteiger partial charge on any atom is 0.381 e. The van der Waals surface area contributed by atoms with Crippen LogP contribution in [0.4, 0.5) is 5.82 Å². The van der Waals surface area contributed by atoms with Gasteiger partial charge in [-0.15, -0.1) is 0 Å². The van der Waals surface area contributed by atoms with Gasteiger partial charge in [-0.3, -0.25) is 4.79 Å². The highest BCUT2D eigenvalue weighted by Gasteiger charge is 2.15. The number of nitrogens with zero attached hydrogens (tertiary/aromatic N) is 3. The van der Waals surface area contributed by atoms with Crippen molar-refractivity contribution in [2.24, 2.45) is 0 Å². The van der Waals surface area contributed by atoms with Crippen LogP contribution in [0.15, 0.2) is 6.20 Å². The van der Waals surface area contributed by atoms with Crippen molar-refractivity contribution in [3.8, 4) is 0 Å². The van der Waals surface area contributed by atoms with Crippen molar-refractivity contribution in [1.29, 1.82) is 0 Å². The van der Waals surface area contributed by atoms with E-state index in [9.17, 15) is 14.9 Å². The number of rotatable bonds is 8. The Bertz CT molecular complexity index is 444. The van der Waals surface area contributed by atoms with Gasteiger partial charge in [0.05, 0.1) is 0 Å². The maximum absolute atomic E-state index is 11.5. The molecule has 0 radical (unpaired) electrons. The van der Waals surface area contributed by atoms with Crippen LogP contribution in [-0.2, 0) is 11.3 Å². The molecule has 1 heterocycles. The zero-order valence-electron chi connectivity index (χ0n) is 11.2. The number of hydrogen-bond donors (Lipinski definition) is 2. The standard InChI is InChI=1S/C11H19N5O3/c1-3-12-5-6-13-11(17)4-7-15-8-10(16(18)19)14-9(15)2/h8,12H,3-7H2,1-2H3,(H,13,17). The average molecular weight is 269 g/mol. The van der Waals surface area contributed by atoms with Crippen molar-refractivity contribution < 1.29 is 9.72 Å². The van der Waals surface area contributed by atoms with E-state index < -0.39 is 4.92 Å². The molecule has 0 saturated carbocycles. The lowest BCUT2D eigenvalue weighted by Crippen LogP contribution is -2.32. The molecule has 0 aliphatic carbocycles. The third-order valence-electron chi connectivity index (χ3n) is 2.60. The topological polar surface area (TPSA) is 102 Å². The Morgan fingerprint density at radius 2 is 2.26 bits per heavy atom. The van der Waals surface area contributed by atoms with Crippen LogP contribution >= 0.6 is 0 Å². The minimum atomic E-state index is -0.542. The molecule has 1 rings (SSSR count). The van der Waals surface area contributed by atoms with E-state index in [1.807, 2.05) is 6.92 Å². The number of hydrogen-bond acceptors (Lipinski definition) is 5. The second-order valence-electron chi connectivity index (χ2n) is 4.05. The Hall–Kier alpha value is -1.96. The second kappa shape index (κ2) is 7.47. The van der Waals surface area contributed by atoms with Crippen molar-refractivity contribution in [2.45, 2.75) is 26.8 Å². The number of carbonyl (C=O) groups excluding carboxylic acids is 1. The summed E-state index contributed by atoms with van der Waals surface area (Å²) in [6, 6.07) is 0. The van der Waals surface area contributed by atoms with Gasteiger partial charge in [-0.25, -0.2) is 0 Å². The SMILES string of the molecule is CCNCCNC(=O)CCn1cc([N+](=O)[O-])nc1C. The summed E-state index contributed by atoms with van der Waals surface area (Å²) in [5.41, 5.74) is 0. The molecule has 2 N–H and O–H groups in total. The van der Waals surface area contributed by atoms with Gasteiger partial charge in [-0.05, 0) is 16.5 Å². The number of aromatic nitrogens is 2. The van der Waals surface area contributed by atoms with Gasteiger partial charge in [0.15, 0.2) is 0 Å². The predicted molar refractivity (Wildman–Crippen MR) is 69.8 cm³/mol. The fourth-order valence-corrected chi connectivity index (χ4v) is 1.58. The van der Waals surface area contributed by atoms with Crippen LogP contribution in [0.1, 0.15) is 19.2 Å². The molecule has 0 aromatic carbocycles. The predicted octanol–water partition coefficient (Wildman–Crippen LogP) is 0.216. The monoisotopic (exact) mass is 269 g/mol. The molecule has 0 fully saturated rings. The smallest absolute Gasteiger partial charge is 0.358 e. The van der Waals surface area contributed by atoms with Crippen molar-refractivity contribution >= 4 is 11.7 Å². The van der Waals surface area contributed by atoms with Crippen LogP contribution in [0.25, 0.3) is 0 Å². The quantitative estimate of drug-likeness (QED) is 0.399. The van der Waals surface area contributed by atoms with E-state index in [1.165, 1.54) is 6.20 Å². The van der Waals surface area contributed by atoms with Gasteiger partial charge >= 0.3 is 5.82 Å². The molecule has 8 nitrogen and oxygen atoms in total. The average Bonchev–Trinajstić information content (AvgIpc) is 2.74. The molecule has 0 bridgehead atoms. The fraction of sp³-hybridized carbons (Fsp3) is 0.636. The zero-order valence-corrected chi connectivity index (χ0v) is 11.2. The molecule has 106 valence electrons. The number of nitrogens with one attached hydrogen (secondary N) is 2. The van der Waals surface area contributed by atoms with E-state index in [1.54, 1.807) is 11.5 Å². The summed E-state index contributed by atoms with van der Waals surface area (Å²) >= 11 is 0. The van der Waals surface area contributed by atoms with E-state index in [-0.39, 0.29) is 18.1 Å². The first-order valence-electron chi connectivity index (χ1n) is 6.20. The maximum atomic E-state index is 11.5. The second-order valence-corrected chi connectivity index (χ2v) is 4.05. The van der Waals surface area contributed by atoms with E-state index in [2.05, 4.69) is 15.6 Å². The van der Waals surface area contributed by atoms with E-state index in [0.717, 1.165) is 13.1 Å². The number of carbonyl (C=O) groups is 1. The highest BCUT2D eigenvalue weighted by molar-refractivity contribution is 5.75. The summed E-state index contributed by atoms with van der Waals surface area (Å²) in [4.78, 5) is 25.3. The van der Waals surface area contributed by atoms with Gasteiger partial charge in [0.2, 0.25) is 11.7 Å². The molecule has 0 aliphatic rings. The molecule has 1 aromatic heterocycles. The fourth-order valence-electron chi connectivity index (χ4n) is 1.58. The van der Waals surface area contributed by atoms with Crippen LogP contribution in [0, 0.1) is 17.0 Å². The van der Waals surface area contributed by atoms with Gasteiger partial charge in [0.1, 0.15) is 6.20 Å². The van der Waals surface area contributed by atoms with Crippen LogP contribution in [0.3, 0.4) is 0 Å². The first-order chi connectivity index (χ1) is 9.04. The molecule has 1 aromatic rings. The Kier molecular flexibility index (Phi) is 5.94. The molecule has 0 aliphatic heterocycles. The molecule has 0 saturated heterocycles. The van der Waals surface area contributed by atoms with Crippen LogP contribution in [-0.4, -0.2) is 40.0 Å². The Morgan fingerprint density at radius 1 is 1.53 bits per heavy atom. The molecule has 0 spiro atoms. The number of imidazole rings is 1. The lowest BCUT2D eigenvalue weighted by molar-refractivity contribution is -0.389. The molecule has 8 heteroatoms. The third kappa shape index (κ3) is 5.04. The van der Waals surface area contributed by atoms with Crippen LogP contribution in [0.2, 0.25) is 0 Å². The van der Waals surface area contributed by atoms with Gasteiger partial charge in [-0.1, -0.05) is 6.92 Å². The zero-order chi connectivity index (χ0) is 14.3. The molecular weight excluding hydrogens is 250 g/mol. The molecule has 0 atom stereocenters. The molecule has 0 unspecified atom stereocenters. The normalized spacial score (nSPS) is 10.4. The molecular formula is C11H19N5O3. The largest absolute Gasteiger partial charge is 0.381 e. The van der Waals surface area contributed by atoms with E-state index in [4.69, 9.17) is 0 Å². The molecule has 19 heavy (non-hydrogen) atoms. The van der Waals surface area contributed by atoms with Crippen LogP contribution < -0.4 is 10.6 Å². The summed E-state index contributed by atoms with van der Waals surface area (Å²) in [6.45, 7) is 6.24. The number of nitro groups is 1. The summed E-state index contributed by atoms with van der Waals surface area (Å²) in [5, 5.41) is 16.4. The summed E-state index contributed by atoms with van der Waals surface area (Å²) < 4.78 is 1.61. The highest BCUT2D eigenvalue weighted by atomic mass is 16.6. The number of likely N-dealkylation sites (N-methyl/N-ethyl adjacent to an activating group) is 1. The first-order valence-corrected chi connectivity index (χ1v) is 6.20. The summed E-state index contributed by atoms with van der Waals surface area (Å²) in [7, 11) is 0. The van der Waals surface area contributed by atoms with E-state index in [0.29, 0.717) is 18.9 Å². The van der Waals surface area contributed by atoms with Crippen molar-refractivity contribution in [3.05, 3.63) is 22.1 Å². The van der Waals surface area contributed by atoms with Gasteiger partial charge in [0.25, 0.3) is 0 Å². The van der Waals surface area contributed by atoms with Gasteiger partial charge in [-0.2, -0.15) is 0 Å². The van der Waals surface area contributed by atoms with Gasteiger partial charge < -0.3 is 25.3 Å².